The number of hydrogen-bond donors (Lipinski definition) is 1. The normalized spacial score (nSPS) is 16.6. The molecule has 1 saturated heterocycles. The molecule has 0 aliphatic carbocycles. The summed E-state index contributed by atoms with van der Waals surface area (Å²) in [4.78, 5) is 5.06. The van der Waals surface area contributed by atoms with Crippen LogP contribution in [0.5, 0.6) is 0 Å². The highest BCUT2D eigenvalue weighted by Crippen LogP contribution is 2.10. The molecule has 0 unspecified atom stereocenters. The zero-order valence-corrected chi connectivity index (χ0v) is 17.2. The predicted octanol–water partition coefficient (Wildman–Crippen LogP) is 2.60. The highest BCUT2D eigenvalue weighted by atomic mass is 32.2. The fourth-order valence-electron chi connectivity index (χ4n) is 3.24. The molecule has 0 atom stereocenters. The van der Waals surface area contributed by atoms with Crippen molar-refractivity contribution in [2.45, 2.75) is 11.8 Å². The van der Waals surface area contributed by atoms with Gasteiger partial charge in [-0.3, -0.25) is 9.80 Å². The summed E-state index contributed by atoms with van der Waals surface area (Å²) in [7, 11) is -3.42. The second kappa shape index (κ2) is 9.98. The molecule has 0 saturated carbocycles. The minimum Gasteiger partial charge on any atom is -0.299 e. The van der Waals surface area contributed by atoms with Crippen molar-refractivity contribution in [3.8, 4) is 0 Å². The van der Waals surface area contributed by atoms with Crippen LogP contribution in [0.4, 0.5) is 0 Å². The van der Waals surface area contributed by atoms with Crippen molar-refractivity contribution >= 4 is 16.1 Å². The fraction of sp³-hybridized carbons (Fsp3) is 0.364. The number of aryl methyl sites for hydroxylation is 1. The van der Waals surface area contributed by atoms with E-state index in [-0.39, 0.29) is 0 Å². The Kier molecular flexibility index (Phi) is 7.39. The van der Waals surface area contributed by atoms with E-state index in [2.05, 4.69) is 38.8 Å². The Morgan fingerprint density at radius 3 is 2.25 bits per heavy atom. The molecule has 2 aromatic rings. The molecule has 1 heterocycles. The first-order valence-electron chi connectivity index (χ1n) is 9.75. The minimum atomic E-state index is -3.42. The molecule has 5 nitrogen and oxygen atoms in total. The first-order chi connectivity index (χ1) is 13.5. The Morgan fingerprint density at radius 1 is 0.929 bits per heavy atom. The summed E-state index contributed by atoms with van der Waals surface area (Å²) in [5.74, 6) is 0. The van der Waals surface area contributed by atoms with Crippen molar-refractivity contribution in [3.63, 3.8) is 0 Å². The molecule has 1 N–H and O–H groups in total. The first kappa shape index (κ1) is 20.7. The highest BCUT2D eigenvalue weighted by molar-refractivity contribution is 7.89. The van der Waals surface area contributed by atoms with Gasteiger partial charge < -0.3 is 0 Å². The lowest BCUT2D eigenvalue weighted by molar-refractivity contribution is 0.145. The number of rotatable bonds is 8. The van der Waals surface area contributed by atoms with Crippen molar-refractivity contribution in [2.24, 2.45) is 0 Å². The van der Waals surface area contributed by atoms with Crippen LogP contribution >= 0.6 is 0 Å². The third-order valence-electron chi connectivity index (χ3n) is 4.99. The quantitative estimate of drug-likeness (QED) is 0.741. The third-order valence-corrected chi connectivity index (χ3v) is 6.47. The lowest BCUT2D eigenvalue weighted by atomic mass is 10.2. The summed E-state index contributed by atoms with van der Waals surface area (Å²) in [6.07, 6.45) is 4.37. The highest BCUT2D eigenvalue weighted by Gasteiger charge is 2.17. The molecule has 2 aromatic carbocycles. The monoisotopic (exact) mass is 399 g/mol. The Balaban J connectivity index is 1.36. The molecule has 6 heteroatoms. The second-order valence-corrected chi connectivity index (χ2v) is 8.93. The van der Waals surface area contributed by atoms with E-state index >= 15 is 0 Å². The standard InChI is InChI=1S/C22H29N3O2S/c1-20-9-11-22(12-10-20)28(26,27)23-13-15-25-18-16-24(17-19-25)14-5-8-21-6-3-2-4-7-21/h2-12,23H,13-19H2,1H3/b8-5+. The van der Waals surface area contributed by atoms with Gasteiger partial charge in [0.15, 0.2) is 0 Å². The largest absolute Gasteiger partial charge is 0.299 e. The van der Waals surface area contributed by atoms with Crippen LogP contribution < -0.4 is 4.72 Å². The van der Waals surface area contributed by atoms with Gasteiger partial charge in [0.05, 0.1) is 4.90 Å². The van der Waals surface area contributed by atoms with E-state index < -0.39 is 10.0 Å². The lowest BCUT2D eigenvalue weighted by Gasteiger charge is -2.34. The van der Waals surface area contributed by atoms with Crippen LogP contribution in [0.2, 0.25) is 0 Å². The van der Waals surface area contributed by atoms with E-state index in [1.165, 1.54) is 5.56 Å². The molecule has 3 rings (SSSR count). The van der Waals surface area contributed by atoms with Gasteiger partial charge in [-0.25, -0.2) is 13.1 Å². The maximum Gasteiger partial charge on any atom is 0.240 e. The van der Waals surface area contributed by atoms with E-state index in [4.69, 9.17) is 0 Å². The van der Waals surface area contributed by atoms with E-state index in [1.54, 1.807) is 12.1 Å². The van der Waals surface area contributed by atoms with Gasteiger partial charge in [0.2, 0.25) is 10.0 Å². The number of benzene rings is 2. The average molecular weight is 400 g/mol. The summed E-state index contributed by atoms with van der Waals surface area (Å²) in [5, 5.41) is 0. The number of nitrogens with zero attached hydrogens (tertiary/aromatic N) is 2. The molecule has 1 aliphatic heterocycles. The molecular formula is C22H29N3O2S. The minimum absolute atomic E-state index is 0.327. The number of piperazine rings is 1. The molecule has 0 amide bonds. The Bertz CT molecular complexity index is 856. The van der Waals surface area contributed by atoms with Crippen LogP contribution in [0, 0.1) is 6.92 Å². The van der Waals surface area contributed by atoms with Crippen LogP contribution in [0.25, 0.3) is 6.08 Å². The summed E-state index contributed by atoms with van der Waals surface area (Å²) < 4.78 is 27.4. The lowest BCUT2D eigenvalue weighted by Crippen LogP contribution is -2.48. The molecule has 0 spiro atoms. The van der Waals surface area contributed by atoms with Crippen molar-refractivity contribution in [1.29, 1.82) is 0 Å². The zero-order valence-electron chi connectivity index (χ0n) is 16.4. The molecular weight excluding hydrogens is 370 g/mol. The van der Waals surface area contributed by atoms with Crippen molar-refractivity contribution < 1.29 is 8.42 Å². The van der Waals surface area contributed by atoms with Crippen LogP contribution in [0.3, 0.4) is 0 Å². The van der Waals surface area contributed by atoms with Gasteiger partial charge >= 0.3 is 0 Å². The number of nitrogens with one attached hydrogen (secondary N) is 1. The van der Waals surface area contributed by atoms with E-state index in [1.807, 2.05) is 37.3 Å². The topological polar surface area (TPSA) is 52.7 Å². The molecule has 0 bridgehead atoms. The summed E-state index contributed by atoms with van der Waals surface area (Å²) in [6, 6.07) is 17.3. The second-order valence-electron chi connectivity index (χ2n) is 7.17. The smallest absolute Gasteiger partial charge is 0.240 e. The van der Waals surface area contributed by atoms with Crippen LogP contribution in [-0.4, -0.2) is 64.0 Å². The van der Waals surface area contributed by atoms with E-state index in [0.717, 1.165) is 44.8 Å². The predicted molar refractivity (Wildman–Crippen MR) is 115 cm³/mol. The van der Waals surface area contributed by atoms with Gasteiger partial charge in [-0.1, -0.05) is 60.2 Å². The van der Waals surface area contributed by atoms with Crippen molar-refractivity contribution in [2.75, 3.05) is 45.8 Å². The summed E-state index contributed by atoms with van der Waals surface area (Å²) in [5.41, 5.74) is 2.28. The molecule has 0 aromatic heterocycles. The SMILES string of the molecule is Cc1ccc(S(=O)(=O)NCCN2CCN(C/C=C/c3ccccc3)CC2)cc1. The Hall–Kier alpha value is -1.99. The number of sulfonamides is 1. The fourth-order valence-corrected chi connectivity index (χ4v) is 4.26. The molecule has 1 fully saturated rings. The van der Waals surface area contributed by atoms with Crippen molar-refractivity contribution in [3.05, 3.63) is 71.8 Å². The summed E-state index contributed by atoms with van der Waals surface area (Å²) in [6.45, 7) is 8.00. The maximum atomic E-state index is 12.3. The van der Waals surface area contributed by atoms with Gasteiger partial charge in [-0.05, 0) is 24.6 Å². The molecule has 150 valence electrons. The third kappa shape index (κ3) is 6.27. The van der Waals surface area contributed by atoms with E-state index in [9.17, 15) is 8.42 Å². The Morgan fingerprint density at radius 2 is 1.57 bits per heavy atom. The molecule has 1 aliphatic rings. The maximum absolute atomic E-state index is 12.3. The van der Waals surface area contributed by atoms with Crippen molar-refractivity contribution in [1.82, 2.24) is 14.5 Å². The average Bonchev–Trinajstić information content (AvgIpc) is 2.70. The van der Waals surface area contributed by atoms with E-state index in [0.29, 0.717) is 11.4 Å². The Labute approximate surface area is 168 Å². The molecule has 0 radical (unpaired) electrons. The number of hydrogen-bond acceptors (Lipinski definition) is 4. The van der Waals surface area contributed by atoms with Crippen LogP contribution in [-0.2, 0) is 10.0 Å². The molecule has 28 heavy (non-hydrogen) atoms. The van der Waals surface area contributed by atoms with Gasteiger partial charge in [0.1, 0.15) is 0 Å². The summed E-state index contributed by atoms with van der Waals surface area (Å²) >= 11 is 0. The zero-order chi connectivity index (χ0) is 19.8. The van der Waals surface area contributed by atoms with Gasteiger partial charge in [0, 0.05) is 45.8 Å². The van der Waals surface area contributed by atoms with Crippen LogP contribution in [0.15, 0.2) is 65.6 Å². The van der Waals surface area contributed by atoms with Crippen LogP contribution in [0.1, 0.15) is 11.1 Å². The van der Waals surface area contributed by atoms with Gasteiger partial charge in [0.25, 0.3) is 0 Å². The van der Waals surface area contributed by atoms with Gasteiger partial charge in [-0.15, -0.1) is 0 Å². The van der Waals surface area contributed by atoms with Gasteiger partial charge in [-0.2, -0.15) is 0 Å². The first-order valence-corrected chi connectivity index (χ1v) is 11.2.